The number of benzene rings is 1. The van der Waals surface area contributed by atoms with E-state index in [1.54, 1.807) is 18.6 Å². The summed E-state index contributed by atoms with van der Waals surface area (Å²) in [6.07, 6.45) is 13.6. The molecule has 0 bridgehead atoms. The fourth-order valence-electron chi connectivity index (χ4n) is 5.64. The van der Waals surface area contributed by atoms with Gasteiger partial charge in [-0.25, -0.2) is 9.97 Å². The molecule has 0 unspecified atom stereocenters. The largest absolute Gasteiger partial charge is 0.336 e. The van der Waals surface area contributed by atoms with Crippen LogP contribution in [0.2, 0.25) is 0 Å². The van der Waals surface area contributed by atoms with E-state index in [0.29, 0.717) is 35.1 Å². The van der Waals surface area contributed by atoms with Crippen LogP contribution < -0.4 is 5.32 Å². The molecule has 1 amide bonds. The van der Waals surface area contributed by atoms with Crippen molar-refractivity contribution in [2.45, 2.75) is 38.5 Å². The highest BCUT2D eigenvalue weighted by molar-refractivity contribution is 5.96. The number of nitrogens with one attached hydrogen (secondary N) is 3. The summed E-state index contributed by atoms with van der Waals surface area (Å²) in [5.74, 6) is 1.15. The highest BCUT2D eigenvalue weighted by Gasteiger charge is 2.19. The minimum atomic E-state index is 0.0434. The molecule has 0 saturated heterocycles. The predicted octanol–water partition coefficient (Wildman–Crippen LogP) is 6.53. The Morgan fingerprint density at radius 2 is 1.77 bits per heavy atom. The summed E-state index contributed by atoms with van der Waals surface area (Å²) in [5, 5.41) is 10.7. The second-order valence-corrected chi connectivity index (χ2v) is 10.4. The molecule has 0 radical (unpaired) electrons. The summed E-state index contributed by atoms with van der Waals surface area (Å²) in [4.78, 5) is 34.6. The van der Waals surface area contributed by atoms with Crippen molar-refractivity contribution in [2.75, 3.05) is 5.32 Å². The number of aromatic amines is 2. The van der Waals surface area contributed by atoms with Crippen LogP contribution in [0.4, 0.5) is 5.69 Å². The number of para-hydroxylation sites is 1. The molecule has 0 atom stereocenters. The number of aromatic nitrogens is 7. The summed E-state index contributed by atoms with van der Waals surface area (Å²) in [6.45, 7) is 0. The van der Waals surface area contributed by atoms with Gasteiger partial charge in [0.25, 0.3) is 0 Å². The molecule has 9 heteroatoms. The van der Waals surface area contributed by atoms with Crippen molar-refractivity contribution >= 4 is 33.7 Å². The van der Waals surface area contributed by atoms with E-state index < -0.39 is 0 Å². The van der Waals surface area contributed by atoms with Gasteiger partial charge in [0, 0.05) is 41.7 Å². The molecule has 1 saturated carbocycles. The van der Waals surface area contributed by atoms with Gasteiger partial charge in [0.1, 0.15) is 5.52 Å². The zero-order valence-electron chi connectivity index (χ0n) is 21.9. The van der Waals surface area contributed by atoms with Crippen LogP contribution in [0.1, 0.15) is 38.5 Å². The molecule has 0 spiro atoms. The van der Waals surface area contributed by atoms with Gasteiger partial charge in [0.05, 0.1) is 34.1 Å². The van der Waals surface area contributed by atoms with Crippen LogP contribution in [0, 0.1) is 5.92 Å². The Kier molecular flexibility index (Phi) is 6.24. The van der Waals surface area contributed by atoms with Crippen LogP contribution in [-0.2, 0) is 4.79 Å². The smallest absolute Gasteiger partial charge is 0.224 e. The second kappa shape index (κ2) is 10.3. The molecule has 9 nitrogen and oxygen atoms in total. The Labute approximate surface area is 230 Å². The van der Waals surface area contributed by atoms with E-state index in [9.17, 15) is 4.79 Å². The first-order valence-electron chi connectivity index (χ1n) is 13.7. The van der Waals surface area contributed by atoms with E-state index in [1.165, 1.54) is 19.3 Å². The fraction of sp³-hybridized carbons (Fsp3) is 0.226. The lowest BCUT2D eigenvalue weighted by molar-refractivity contribution is -0.117. The number of fused-ring (bicyclic) bond motifs is 2. The number of imidazole rings is 1. The minimum absolute atomic E-state index is 0.0434. The topological polar surface area (TPSA) is 125 Å². The van der Waals surface area contributed by atoms with Crippen molar-refractivity contribution in [2.24, 2.45) is 5.92 Å². The predicted molar refractivity (Wildman–Crippen MR) is 155 cm³/mol. The first-order chi connectivity index (χ1) is 19.7. The molecular weight excluding hydrogens is 500 g/mol. The Bertz CT molecular complexity index is 1820. The summed E-state index contributed by atoms with van der Waals surface area (Å²) < 4.78 is 0. The molecule has 1 aliphatic rings. The van der Waals surface area contributed by atoms with Gasteiger partial charge < -0.3 is 10.3 Å². The van der Waals surface area contributed by atoms with E-state index in [0.717, 1.165) is 51.8 Å². The monoisotopic (exact) mass is 528 g/mol. The van der Waals surface area contributed by atoms with Crippen LogP contribution in [-0.4, -0.2) is 41.0 Å². The number of pyridine rings is 3. The van der Waals surface area contributed by atoms with Gasteiger partial charge >= 0.3 is 0 Å². The average Bonchev–Trinajstić information content (AvgIpc) is 3.62. The highest BCUT2D eigenvalue weighted by atomic mass is 16.1. The Morgan fingerprint density at radius 1 is 0.875 bits per heavy atom. The number of nitrogens with zero attached hydrogens (tertiary/aromatic N) is 5. The standard InChI is InChI=1S/C31H28N8O/c40-27(14-19-6-2-1-3-7-19)34-22-15-21(17-33-18-22)24-11-12-26-29(35-24)30(39-38-26)31-36-25-10-4-9-23(28(25)37-31)20-8-5-13-32-16-20/h4-5,8-13,15-19H,1-3,6-7,14H2,(H,34,40)(H,36,37)(H,38,39). The summed E-state index contributed by atoms with van der Waals surface area (Å²) in [6, 6.07) is 15.8. The third-order valence-electron chi connectivity index (χ3n) is 7.63. The lowest BCUT2D eigenvalue weighted by atomic mass is 9.87. The number of H-pyrrole nitrogens is 2. The van der Waals surface area contributed by atoms with Crippen LogP contribution >= 0.6 is 0 Å². The van der Waals surface area contributed by atoms with Crippen molar-refractivity contribution < 1.29 is 4.79 Å². The fourth-order valence-corrected chi connectivity index (χ4v) is 5.64. The molecule has 1 aliphatic carbocycles. The third kappa shape index (κ3) is 4.70. The molecule has 40 heavy (non-hydrogen) atoms. The number of carbonyl (C=O) groups is 1. The Balaban J connectivity index is 1.19. The van der Waals surface area contributed by atoms with Crippen molar-refractivity contribution in [3.05, 3.63) is 73.3 Å². The first kappa shape index (κ1) is 24.1. The van der Waals surface area contributed by atoms with E-state index in [2.05, 4.69) is 30.5 Å². The number of carbonyl (C=O) groups excluding carboxylic acids is 1. The molecule has 1 fully saturated rings. The number of amides is 1. The van der Waals surface area contributed by atoms with Gasteiger partial charge in [-0.05, 0) is 49.1 Å². The lowest BCUT2D eigenvalue weighted by Crippen LogP contribution is -2.18. The van der Waals surface area contributed by atoms with Gasteiger partial charge in [0.2, 0.25) is 5.91 Å². The van der Waals surface area contributed by atoms with E-state index >= 15 is 0 Å². The molecule has 3 N–H and O–H groups in total. The quantitative estimate of drug-likeness (QED) is 0.226. The van der Waals surface area contributed by atoms with Gasteiger partial charge in [0.15, 0.2) is 11.5 Å². The summed E-state index contributed by atoms with van der Waals surface area (Å²) in [7, 11) is 0. The maximum absolute atomic E-state index is 12.7. The van der Waals surface area contributed by atoms with Gasteiger partial charge in [-0.15, -0.1) is 0 Å². The molecule has 7 rings (SSSR count). The molecule has 6 aromatic rings. The highest BCUT2D eigenvalue weighted by Crippen LogP contribution is 2.32. The van der Waals surface area contributed by atoms with Gasteiger partial charge in [-0.3, -0.25) is 19.9 Å². The van der Waals surface area contributed by atoms with Crippen molar-refractivity contribution in [3.8, 4) is 33.9 Å². The number of hydrogen-bond acceptors (Lipinski definition) is 6. The van der Waals surface area contributed by atoms with Gasteiger partial charge in [-0.1, -0.05) is 37.5 Å². The summed E-state index contributed by atoms with van der Waals surface area (Å²) >= 11 is 0. The SMILES string of the molecule is O=C(CC1CCCCC1)Nc1cncc(-c2ccc3[nH]nc(-c4nc5c(-c6cccnc6)cccc5[nH]4)c3n2)c1. The molecule has 0 aliphatic heterocycles. The Hall–Kier alpha value is -4.92. The minimum Gasteiger partial charge on any atom is -0.336 e. The third-order valence-corrected chi connectivity index (χ3v) is 7.63. The van der Waals surface area contributed by atoms with Gasteiger partial charge in [-0.2, -0.15) is 5.10 Å². The van der Waals surface area contributed by atoms with Crippen LogP contribution in [0.5, 0.6) is 0 Å². The van der Waals surface area contributed by atoms with Crippen LogP contribution in [0.25, 0.3) is 56.0 Å². The molecule has 198 valence electrons. The maximum atomic E-state index is 12.7. The maximum Gasteiger partial charge on any atom is 0.224 e. The first-order valence-corrected chi connectivity index (χ1v) is 13.7. The second-order valence-electron chi connectivity index (χ2n) is 10.4. The zero-order chi connectivity index (χ0) is 26.9. The number of hydrogen-bond donors (Lipinski definition) is 3. The normalized spacial score (nSPS) is 14.1. The lowest BCUT2D eigenvalue weighted by Gasteiger charge is -2.20. The Morgan fingerprint density at radius 3 is 2.65 bits per heavy atom. The number of anilines is 1. The van der Waals surface area contributed by atoms with Crippen molar-refractivity contribution in [3.63, 3.8) is 0 Å². The average molecular weight is 529 g/mol. The van der Waals surface area contributed by atoms with Crippen LogP contribution in [0.3, 0.4) is 0 Å². The number of rotatable bonds is 6. The molecule has 1 aromatic carbocycles. The van der Waals surface area contributed by atoms with E-state index in [1.807, 2.05) is 54.7 Å². The van der Waals surface area contributed by atoms with Crippen molar-refractivity contribution in [1.29, 1.82) is 0 Å². The van der Waals surface area contributed by atoms with Crippen molar-refractivity contribution in [1.82, 2.24) is 35.1 Å². The zero-order valence-corrected chi connectivity index (χ0v) is 21.9. The van der Waals surface area contributed by atoms with E-state index in [-0.39, 0.29) is 5.91 Å². The molecule has 5 aromatic heterocycles. The van der Waals surface area contributed by atoms with Crippen LogP contribution in [0.15, 0.2) is 73.3 Å². The van der Waals surface area contributed by atoms with E-state index in [4.69, 9.17) is 9.97 Å². The molecule has 5 heterocycles. The summed E-state index contributed by atoms with van der Waals surface area (Å²) in [5.41, 5.74) is 8.10. The molecular formula is C31H28N8O.